The Labute approximate surface area is 329 Å². The van der Waals surface area contributed by atoms with Gasteiger partial charge >= 0.3 is 24.2 Å². The van der Waals surface area contributed by atoms with Crippen LogP contribution in [0.25, 0.3) is 0 Å². The van der Waals surface area contributed by atoms with E-state index in [0.29, 0.717) is 33.4 Å². The average molecular weight is 831 g/mol. The fourth-order valence-electron chi connectivity index (χ4n) is 5.35. The van der Waals surface area contributed by atoms with Crippen molar-refractivity contribution >= 4 is 33.7 Å². The van der Waals surface area contributed by atoms with Crippen LogP contribution < -0.4 is 26.0 Å². The number of hydrogen-bond acceptors (Lipinski definition) is 7. The highest BCUT2D eigenvalue weighted by Gasteiger charge is 2.39. The van der Waals surface area contributed by atoms with Crippen LogP contribution in [0.5, 0.6) is 0 Å². The number of carbonyl (C=O) groups is 4. The van der Waals surface area contributed by atoms with Crippen molar-refractivity contribution in [2.24, 2.45) is 0 Å². The van der Waals surface area contributed by atoms with Gasteiger partial charge in [0.2, 0.25) is 21.8 Å². The number of amides is 4. The maximum Gasteiger partial charge on any atom is 0.471 e. The number of hydrogen-bond donors (Lipinski definition) is 5. The molecule has 0 radical (unpaired) electrons. The van der Waals surface area contributed by atoms with E-state index in [1.54, 1.807) is 53.1 Å². The number of nitrogens with one attached hydrogen (secondary N) is 5. The van der Waals surface area contributed by atoms with Gasteiger partial charge in [-0.05, 0) is 51.9 Å². The number of nitriles is 1. The summed E-state index contributed by atoms with van der Waals surface area (Å²) in [6.45, 7) is -0.940. The van der Waals surface area contributed by atoms with Gasteiger partial charge in [0.1, 0.15) is 12.1 Å². The van der Waals surface area contributed by atoms with E-state index in [1.165, 1.54) is 60.7 Å². The summed E-state index contributed by atoms with van der Waals surface area (Å²) in [6.07, 6.45) is -10.6. The van der Waals surface area contributed by atoms with Gasteiger partial charge in [-0.1, -0.05) is 91.0 Å². The summed E-state index contributed by atoms with van der Waals surface area (Å²) in [4.78, 5) is 50.2. The van der Waals surface area contributed by atoms with E-state index in [1.807, 2.05) is 6.07 Å². The van der Waals surface area contributed by atoms with Crippen LogP contribution >= 0.6 is 0 Å². The van der Waals surface area contributed by atoms with E-state index < -0.39 is 76.9 Å². The molecule has 0 saturated heterocycles. The minimum Gasteiger partial charge on any atom is -0.350 e. The van der Waals surface area contributed by atoms with Crippen molar-refractivity contribution in [1.29, 1.82) is 5.26 Å². The average Bonchev–Trinajstić information content (AvgIpc) is 3.18. The van der Waals surface area contributed by atoms with Crippen LogP contribution in [0.2, 0.25) is 0 Å². The predicted molar refractivity (Wildman–Crippen MR) is 197 cm³/mol. The lowest BCUT2D eigenvalue weighted by Gasteiger charge is -2.24. The third-order valence-electron chi connectivity index (χ3n) is 8.37. The molecule has 306 valence electrons. The molecule has 12 nitrogen and oxygen atoms in total. The largest absolute Gasteiger partial charge is 0.471 e. The standard InChI is InChI=1S/C39H36F6N6O6S/c40-38(41,42)36(54)48-22-29-12-6-25(7-13-29)18-32(34(52)47-21-28-16-10-27(20-46)11-17-28)50-35(53)33(51-58(56,57)24-31-4-2-1-3-5-31)19-26-8-14-30(15-9-26)23-49-37(55)39(43,44)45/h1-17,32-33,51H,18-19,21-24H2,(H,47,52)(H,48,54)(H,49,55)(H,50,53)/t32-,33+/m0/s1. The summed E-state index contributed by atoms with van der Waals surface area (Å²) in [5.74, 6) is -6.40. The summed E-state index contributed by atoms with van der Waals surface area (Å²) < 4.78 is 105. The van der Waals surface area contributed by atoms with Gasteiger partial charge in [-0.25, -0.2) is 13.1 Å². The molecule has 5 N–H and O–H groups in total. The molecule has 0 heterocycles. The van der Waals surface area contributed by atoms with Crippen molar-refractivity contribution in [2.45, 2.75) is 62.7 Å². The summed E-state index contributed by atoms with van der Waals surface area (Å²) in [5.41, 5.74) is 2.76. The van der Waals surface area contributed by atoms with E-state index in [9.17, 15) is 53.9 Å². The van der Waals surface area contributed by atoms with Crippen LogP contribution in [-0.2, 0) is 67.4 Å². The van der Waals surface area contributed by atoms with Crippen LogP contribution in [0.15, 0.2) is 103 Å². The molecule has 0 fully saturated rings. The Bertz CT molecular complexity index is 2200. The van der Waals surface area contributed by atoms with Gasteiger partial charge in [0, 0.05) is 26.1 Å². The Morgan fingerprint density at radius 2 is 0.966 bits per heavy atom. The molecule has 4 aromatic rings. The number of nitrogens with zero attached hydrogens (tertiary/aromatic N) is 1. The highest BCUT2D eigenvalue weighted by molar-refractivity contribution is 7.88. The first-order valence-electron chi connectivity index (χ1n) is 17.3. The summed E-state index contributed by atoms with van der Waals surface area (Å²) in [6, 6.07) is 24.9. The first-order valence-corrected chi connectivity index (χ1v) is 18.9. The molecular weight excluding hydrogens is 795 g/mol. The second-order valence-electron chi connectivity index (χ2n) is 12.9. The van der Waals surface area contributed by atoms with Gasteiger partial charge in [-0.3, -0.25) is 19.2 Å². The molecule has 0 aliphatic rings. The lowest BCUT2D eigenvalue weighted by Crippen LogP contribution is -2.55. The molecule has 4 aromatic carbocycles. The monoisotopic (exact) mass is 830 g/mol. The highest BCUT2D eigenvalue weighted by Crippen LogP contribution is 2.17. The third kappa shape index (κ3) is 14.4. The van der Waals surface area contributed by atoms with Crippen molar-refractivity contribution in [3.63, 3.8) is 0 Å². The number of sulfonamides is 1. The normalized spacial score (nSPS) is 12.7. The van der Waals surface area contributed by atoms with Crippen LogP contribution in [0.4, 0.5) is 26.3 Å². The Morgan fingerprint density at radius 1 is 0.552 bits per heavy atom. The van der Waals surface area contributed by atoms with E-state index in [0.717, 1.165) is 0 Å². The predicted octanol–water partition coefficient (Wildman–Crippen LogP) is 3.99. The van der Waals surface area contributed by atoms with Crippen LogP contribution in [-0.4, -0.2) is 56.5 Å². The summed E-state index contributed by atoms with van der Waals surface area (Å²) in [5, 5.41) is 17.9. The lowest BCUT2D eigenvalue weighted by atomic mass is 10.0. The molecule has 0 unspecified atom stereocenters. The van der Waals surface area contributed by atoms with Gasteiger partial charge in [0.15, 0.2) is 0 Å². The quantitative estimate of drug-likeness (QED) is 0.0997. The summed E-state index contributed by atoms with van der Waals surface area (Å²) in [7, 11) is -4.22. The topological polar surface area (TPSA) is 186 Å². The minimum atomic E-state index is -5.09. The van der Waals surface area contributed by atoms with Crippen molar-refractivity contribution in [2.75, 3.05) is 0 Å². The highest BCUT2D eigenvalue weighted by atomic mass is 32.2. The molecule has 0 aromatic heterocycles. The first kappa shape index (κ1) is 44.5. The van der Waals surface area contributed by atoms with Crippen LogP contribution in [0.3, 0.4) is 0 Å². The van der Waals surface area contributed by atoms with Gasteiger partial charge in [0.05, 0.1) is 17.4 Å². The van der Waals surface area contributed by atoms with Gasteiger partial charge in [-0.15, -0.1) is 0 Å². The van der Waals surface area contributed by atoms with E-state index >= 15 is 0 Å². The molecule has 19 heteroatoms. The number of halogens is 6. The maximum absolute atomic E-state index is 14.0. The molecule has 0 saturated carbocycles. The fraction of sp³-hybridized carbons (Fsp3) is 0.256. The maximum atomic E-state index is 14.0. The van der Waals surface area contributed by atoms with Crippen molar-refractivity contribution in [3.8, 4) is 6.07 Å². The van der Waals surface area contributed by atoms with Gasteiger partial charge < -0.3 is 21.3 Å². The Balaban J connectivity index is 1.57. The molecule has 58 heavy (non-hydrogen) atoms. The number of rotatable bonds is 17. The van der Waals surface area contributed by atoms with Crippen molar-refractivity contribution < 1.29 is 53.9 Å². The molecule has 4 amide bonds. The molecule has 0 spiro atoms. The number of alkyl halides is 6. The Morgan fingerprint density at radius 3 is 1.41 bits per heavy atom. The number of benzene rings is 4. The summed E-state index contributed by atoms with van der Waals surface area (Å²) >= 11 is 0. The molecule has 4 rings (SSSR count). The smallest absolute Gasteiger partial charge is 0.350 e. The zero-order chi connectivity index (χ0) is 42.5. The second kappa shape index (κ2) is 19.7. The Kier molecular flexibility index (Phi) is 15.1. The third-order valence-corrected chi connectivity index (χ3v) is 9.72. The van der Waals surface area contributed by atoms with Gasteiger partial charge in [-0.2, -0.15) is 31.6 Å². The fourth-order valence-corrected chi connectivity index (χ4v) is 6.69. The molecular formula is C39H36F6N6O6S. The van der Waals surface area contributed by atoms with Crippen LogP contribution in [0.1, 0.15) is 38.9 Å². The van der Waals surface area contributed by atoms with E-state index in [-0.39, 0.29) is 24.9 Å². The Hall–Kier alpha value is -6.26. The SMILES string of the molecule is N#Cc1ccc(CNC(=O)[C@H](Cc2ccc(CNC(=O)C(F)(F)F)cc2)NC(=O)[C@@H](Cc2ccc(CNC(=O)C(F)(F)F)cc2)NS(=O)(=O)Cc2ccccc2)cc1. The lowest BCUT2D eigenvalue weighted by molar-refractivity contribution is -0.173. The zero-order valence-corrected chi connectivity index (χ0v) is 31.1. The van der Waals surface area contributed by atoms with E-state index in [4.69, 9.17) is 5.26 Å². The first-order chi connectivity index (χ1) is 27.3. The molecule has 0 bridgehead atoms. The zero-order valence-electron chi connectivity index (χ0n) is 30.3. The van der Waals surface area contributed by atoms with E-state index in [2.05, 4.69) is 15.4 Å². The molecule has 0 aliphatic heterocycles. The number of carbonyl (C=O) groups excluding carboxylic acids is 4. The second-order valence-corrected chi connectivity index (χ2v) is 14.7. The molecule has 0 aliphatic carbocycles. The van der Waals surface area contributed by atoms with Crippen molar-refractivity contribution in [1.82, 2.24) is 26.0 Å². The van der Waals surface area contributed by atoms with Gasteiger partial charge in [0.25, 0.3) is 0 Å². The minimum absolute atomic E-state index is 0.0301. The van der Waals surface area contributed by atoms with Crippen LogP contribution in [0, 0.1) is 11.3 Å². The molecule has 2 atom stereocenters. The van der Waals surface area contributed by atoms with Crippen molar-refractivity contribution in [3.05, 3.63) is 142 Å².